The molecule has 4 heteroatoms. The number of para-hydroxylation sites is 2. The number of rotatable bonds is 8. The molecule has 3 N–H and O–H groups in total. The third kappa shape index (κ3) is 5.03. The fourth-order valence-electron chi connectivity index (χ4n) is 6.20. The molecule has 0 bridgehead atoms. The van der Waals surface area contributed by atoms with E-state index >= 15 is 0 Å². The van der Waals surface area contributed by atoms with Crippen molar-refractivity contribution in [1.82, 2.24) is 9.88 Å². The molecule has 0 aliphatic rings. The molecule has 0 saturated heterocycles. The van der Waals surface area contributed by atoms with Gasteiger partial charge in [-0.1, -0.05) is 115 Å². The maximum absolute atomic E-state index is 11.2. The first-order chi connectivity index (χ1) is 21.2. The summed E-state index contributed by atoms with van der Waals surface area (Å²) >= 11 is 0. The van der Waals surface area contributed by atoms with Crippen LogP contribution in [0.2, 0.25) is 0 Å². The topological polar surface area (TPSA) is 49.2 Å². The highest BCUT2D eigenvalue weighted by Gasteiger charge is 2.20. The van der Waals surface area contributed by atoms with Crippen molar-refractivity contribution in [1.29, 1.82) is 0 Å². The average Bonchev–Trinajstić information content (AvgIpc) is 3.37. The maximum atomic E-state index is 11.2. The van der Waals surface area contributed by atoms with E-state index in [1.165, 1.54) is 22.3 Å². The van der Waals surface area contributed by atoms with Gasteiger partial charge in [0, 0.05) is 35.1 Å². The Morgan fingerprint density at radius 3 is 2.07 bits per heavy atom. The van der Waals surface area contributed by atoms with Gasteiger partial charge in [0.1, 0.15) is 5.75 Å². The minimum Gasteiger partial charge on any atom is -0.507 e. The fourth-order valence-corrected chi connectivity index (χ4v) is 6.20. The van der Waals surface area contributed by atoms with E-state index in [1.54, 1.807) is 0 Å². The molecular weight excluding hydrogens is 526 g/mol. The maximum Gasteiger partial charge on any atom is 0.125 e. The van der Waals surface area contributed by atoms with Crippen molar-refractivity contribution in [2.24, 2.45) is 0 Å². The Hall–Kier alpha value is -5.32. The lowest BCUT2D eigenvalue weighted by Crippen LogP contribution is -2.26. The number of phenolic OH excluding ortho intramolecular Hbond substituents is 1. The molecule has 0 aliphatic heterocycles. The van der Waals surface area contributed by atoms with Gasteiger partial charge in [-0.2, -0.15) is 0 Å². The van der Waals surface area contributed by atoms with Crippen LogP contribution in [0.15, 0.2) is 146 Å². The summed E-state index contributed by atoms with van der Waals surface area (Å²) < 4.78 is 2.27. The van der Waals surface area contributed by atoms with E-state index in [1.807, 2.05) is 49.5 Å². The molecule has 0 saturated carbocycles. The second-order valence-corrected chi connectivity index (χ2v) is 10.8. The lowest BCUT2D eigenvalue weighted by molar-refractivity contribution is 0.477. The minimum atomic E-state index is -0.0827. The standard InChI is InChI=1S/C39H33N3O/c1-40-35-21-10-8-20-32(35)39(30-18-12-17-29(23-30)27-13-4-2-5-14-27)41-26-42-36-22-11-9-19-31(36)34-24-33(38(43)25-37(34)42)28-15-6-3-7-16-28/h2-25,39-41,43H,26H2,1H3. The summed E-state index contributed by atoms with van der Waals surface area (Å²) in [5.74, 6) is 0.274. The van der Waals surface area contributed by atoms with Crippen LogP contribution in [0.5, 0.6) is 5.75 Å². The molecule has 7 aromatic rings. The second kappa shape index (κ2) is 11.5. The average molecular weight is 560 g/mol. The number of hydrogen-bond donors (Lipinski definition) is 3. The lowest BCUT2D eigenvalue weighted by Gasteiger charge is -2.24. The summed E-state index contributed by atoms with van der Waals surface area (Å²) in [7, 11) is 1.97. The third-order valence-corrected chi connectivity index (χ3v) is 8.30. The number of anilines is 1. The van der Waals surface area contributed by atoms with Gasteiger partial charge in [0.2, 0.25) is 0 Å². The number of phenols is 1. The Morgan fingerprint density at radius 2 is 1.28 bits per heavy atom. The summed E-state index contributed by atoms with van der Waals surface area (Å²) in [6.07, 6.45) is 0. The van der Waals surface area contributed by atoms with Gasteiger partial charge in [0.05, 0.1) is 23.7 Å². The van der Waals surface area contributed by atoms with Crippen molar-refractivity contribution in [3.8, 4) is 28.0 Å². The zero-order valence-corrected chi connectivity index (χ0v) is 24.0. The van der Waals surface area contributed by atoms with Gasteiger partial charge in [0.15, 0.2) is 0 Å². The summed E-state index contributed by atoms with van der Waals surface area (Å²) in [5.41, 5.74) is 9.75. The van der Waals surface area contributed by atoms with Gasteiger partial charge in [-0.3, -0.25) is 5.32 Å². The molecule has 43 heavy (non-hydrogen) atoms. The van der Waals surface area contributed by atoms with Gasteiger partial charge in [-0.25, -0.2) is 0 Å². The van der Waals surface area contributed by atoms with Crippen LogP contribution < -0.4 is 10.6 Å². The molecule has 7 rings (SSSR count). The van der Waals surface area contributed by atoms with Crippen LogP contribution in [-0.4, -0.2) is 16.7 Å². The summed E-state index contributed by atoms with van der Waals surface area (Å²) in [6.45, 7) is 0.548. The normalized spacial score (nSPS) is 12.0. The molecule has 0 fully saturated rings. The SMILES string of the molecule is CNc1ccccc1C(NCn1c2ccccc2c2cc(-c3ccccc3)c(O)cc21)c1cccc(-c2ccccc2)c1. The first kappa shape index (κ1) is 26.6. The predicted molar refractivity (Wildman–Crippen MR) is 179 cm³/mol. The highest BCUT2D eigenvalue weighted by molar-refractivity contribution is 6.10. The van der Waals surface area contributed by atoms with E-state index in [0.717, 1.165) is 38.6 Å². The third-order valence-electron chi connectivity index (χ3n) is 8.30. The molecule has 0 amide bonds. The van der Waals surface area contributed by atoms with Crippen LogP contribution in [-0.2, 0) is 6.67 Å². The van der Waals surface area contributed by atoms with Crippen LogP contribution in [0.3, 0.4) is 0 Å². The van der Waals surface area contributed by atoms with Crippen molar-refractivity contribution in [3.63, 3.8) is 0 Å². The van der Waals surface area contributed by atoms with Gasteiger partial charge >= 0.3 is 0 Å². The van der Waals surface area contributed by atoms with E-state index in [2.05, 4.69) is 118 Å². The summed E-state index contributed by atoms with van der Waals surface area (Å²) in [4.78, 5) is 0. The molecule has 1 aromatic heterocycles. The monoisotopic (exact) mass is 559 g/mol. The quantitative estimate of drug-likeness (QED) is 0.174. The van der Waals surface area contributed by atoms with E-state index < -0.39 is 0 Å². The second-order valence-electron chi connectivity index (χ2n) is 10.8. The van der Waals surface area contributed by atoms with Gasteiger partial charge in [-0.05, 0) is 52.1 Å². The first-order valence-electron chi connectivity index (χ1n) is 14.7. The predicted octanol–water partition coefficient (Wildman–Crippen LogP) is 9.21. The van der Waals surface area contributed by atoms with Gasteiger partial charge < -0.3 is 15.0 Å². The smallest absolute Gasteiger partial charge is 0.125 e. The number of nitrogens with zero attached hydrogens (tertiary/aromatic N) is 1. The molecule has 1 unspecified atom stereocenters. The number of fused-ring (bicyclic) bond motifs is 3. The van der Waals surface area contributed by atoms with Crippen LogP contribution in [0, 0.1) is 0 Å². The molecule has 210 valence electrons. The first-order valence-corrected chi connectivity index (χ1v) is 14.7. The van der Waals surface area contributed by atoms with E-state index in [9.17, 15) is 5.11 Å². The Balaban J connectivity index is 1.33. The number of aromatic nitrogens is 1. The van der Waals surface area contributed by atoms with Gasteiger partial charge in [0.25, 0.3) is 0 Å². The fraction of sp³-hybridized carbons (Fsp3) is 0.0769. The summed E-state index contributed by atoms with van der Waals surface area (Å²) in [5, 5.41) is 20.8. The Bertz CT molecular complexity index is 2030. The number of aromatic hydroxyl groups is 1. The highest BCUT2D eigenvalue weighted by atomic mass is 16.3. The molecular formula is C39H33N3O. The number of benzene rings is 6. The van der Waals surface area contributed by atoms with Gasteiger partial charge in [-0.15, -0.1) is 0 Å². The highest BCUT2D eigenvalue weighted by Crippen LogP contribution is 2.38. The summed E-state index contributed by atoms with van der Waals surface area (Å²) in [6, 6.07) is 50.2. The Kier molecular flexibility index (Phi) is 7.12. The molecule has 0 aliphatic carbocycles. The molecule has 0 spiro atoms. The van der Waals surface area contributed by atoms with E-state index in [0.29, 0.717) is 6.67 Å². The molecule has 1 heterocycles. The largest absolute Gasteiger partial charge is 0.507 e. The van der Waals surface area contributed by atoms with Crippen molar-refractivity contribution >= 4 is 27.5 Å². The number of hydrogen-bond acceptors (Lipinski definition) is 3. The van der Waals surface area contributed by atoms with Crippen LogP contribution in [0.4, 0.5) is 5.69 Å². The number of nitrogens with one attached hydrogen (secondary N) is 2. The van der Waals surface area contributed by atoms with E-state index in [4.69, 9.17) is 0 Å². The van der Waals surface area contributed by atoms with Crippen molar-refractivity contribution < 1.29 is 5.11 Å². The molecule has 0 radical (unpaired) electrons. The lowest BCUT2D eigenvalue weighted by atomic mass is 9.94. The van der Waals surface area contributed by atoms with Crippen LogP contribution in [0.1, 0.15) is 17.2 Å². The van der Waals surface area contributed by atoms with Crippen LogP contribution in [0.25, 0.3) is 44.1 Å². The zero-order valence-electron chi connectivity index (χ0n) is 24.0. The molecule has 1 atom stereocenters. The minimum absolute atomic E-state index is 0.0827. The Labute approximate surface area is 251 Å². The van der Waals surface area contributed by atoms with E-state index in [-0.39, 0.29) is 11.8 Å². The van der Waals surface area contributed by atoms with Crippen molar-refractivity contribution in [3.05, 3.63) is 157 Å². The Morgan fingerprint density at radius 1 is 0.605 bits per heavy atom. The molecule has 4 nitrogen and oxygen atoms in total. The molecule has 6 aromatic carbocycles. The van der Waals surface area contributed by atoms with Crippen molar-refractivity contribution in [2.45, 2.75) is 12.7 Å². The zero-order chi connectivity index (χ0) is 29.2. The van der Waals surface area contributed by atoms with Crippen LogP contribution >= 0.6 is 0 Å². The van der Waals surface area contributed by atoms with Crippen molar-refractivity contribution in [2.75, 3.05) is 12.4 Å².